The van der Waals surface area contributed by atoms with E-state index < -0.39 is 10.8 Å². The number of carbonyl (C=O) groups excluding carboxylic acids is 1. The average molecular weight is 295 g/mol. The van der Waals surface area contributed by atoms with Gasteiger partial charge < -0.3 is 5.32 Å². The van der Waals surface area contributed by atoms with Crippen LogP contribution in [0.15, 0.2) is 12.3 Å². The summed E-state index contributed by atoms with van der Waals surface area (Å²) in [5, 5.41) is 3.13. The van der Waals surface area contributed by atoms with Gasteiger partial charge in [-0.05, 0) is 13.0 Å². The number of carbonyl (C=O) groups is 1. The molecule has 94 valence electrons. The minimum absolute atomic E-state index is 0.198. The summed E-state index contributed by atoms with van der Waals surface area (Å²) in [7, 11) is -0.964. The van der Waals surface area contributed by atoms with Crippen molar-refractivity contribution in [1.82, 2.24) is 10.3 Å². The highest BCUT2D eigenvalue weighted by atomic mass is 35.5. The van der Waals surface area contributed by atoms with Crippen LogP contribution in [0.25, 0.3) is 0 Å². The van der Waals surface area contributed by atoms with Crippen molar-refractivity contribution < 1.29 is 9.00 Å². The quantitative estimate of drug-likeness (QED) is 0.863. The molecule has 1 aromatic rings. The van der Waals surface area contributed by atoms with Crippen molar-refractivity contribution >= 4 is 39.9 Å². The Kier molecular flexibility index (Phi) is 5.36. The van der Waals surface area contributed by atoms with Gasteiger partial charge in [-0.15, -0.1) is 0 Å². The molecule has 1 aromatic heterocycles. The molecule has 1 amide bonds. The summed E-state index contributed by atoms with van der Waals surface area (Å²) in [6.07, 6.45) is 2.90. The number of pyridine rings is 1. The third-order valence-electron chi connectivity index (χ3n) is 1.93. The lowest BCUT2D eigenvalue weighted by Crippen LogP contribution is -2.36. The largest absolute Gasteiger partial charge is 0.349 e. The van der Waals surface area contributed by atoms with E-state index in [0.29, 0.717) is 5.75 Å². The molecule has 7 heteroatoms. The Morgan fingerprint density at radius 1 is 1.59 bits per heavy atom. The number of nitrogens with one attached hydrogen (secondary N) is 1. The molecule has 0 spiro atoms. The Hall–Kier alpha value is -0.650. The van der Waals surface area contributed by atoms with Crippen molar-refractivity contribution in [1.29, 1.82) is 0 Å². The Morgan fingerprint density at radius 2 is 2.24 bits per heavy atom. The van der Waals surface area contributed by atoms with Gasteiger partial charge in [0.05, 0.1) is 10.6 Å². The lowest BCUT2D eigenvalue weighted by atomic mass is 10.2. The van der Waals surface area contributed by atoms with Gasteiger partial charge in [0, 0.05) is 35.0 Å². The second-order valence-corrected chi connectivity index (χ2v) is 5.88. The van der Waals surface area contributed by atoms with E-state index in [1.165, 1.54) is 12.3 Å². The van der Waals surface area contributed by atoms with Gasteiger partial charge in [0.25, 0.3) is 5.91 Å². The number of nitrogens with zero attached hydrogens (tertiary/aromatic N) is 1. The van der Waals surface area contributed by atoms with E-state index in [0.717, 1.165) is 0 Å². The molecule has 0 saturated carbocycles. The van der Waals surface area contributed by atoms with Crippen LogP contribution in [0.2, 0.25) is 10.2 Å². The van der Waals surface area contributed by atoms with Crippen molar-refractivity contribution in [3.63, 3.8) is 0 Å². The van der Waals surface area contributed by atoms with E-state index in [1.54, 1.807) is 13.2 Å². The predicted molar refractivity (Wildman–Crippen MR) is 70.1 cm³/mol. The second kappa shape index (κ2) is 6.33. The highest BCUT2D eigenvalue weighted by molar-refractivity contribution is 7.84. The van der Waals surface area contributed by atoms with E-state index in [4.69, 9.17) is 23.2 Å². The minimum Gasteiger partial charge on any atom is -0.349 e. The predicted octanol–water partition coefficient (Wildman–Crippen LogP) is 1.89. The van der Waals surface area contributed by atoms with Gasteiger partial charge >= 0.3 is 0 Å². The summed E-state index contributed by atoms with van der Waals surface area (Å²) in [6.45, 7) is 1.77. The topological polar surface area (TPSA) is 59.1 Å². The highest BCUT2D eigenvalue weighted by Gasteiger charge is 2.14. The lowest BCUT2D eigenvalue weighted by molar-refractivity contribution is 0.0944. The van der Waals surface area contributed by atoms with E-state index in [2.05, 4.69) is 10.3 Å². The summed E-state index contributed by atoms with van der Waals surface area (Å²) < 4.78 is 11.0. The SMILES string of the molecule is CC(CS(C)=O)NC(=O)c1cc(Cl)ncc1Cl. The van der Waals surface area contributed by atoms with Crippen LogP contribution in [0.1, 0.15) is 17.3 Å². The number of halogens is 2. The third-order valence-corrected chi connectivity index (χ3v) is 3.41. The van der Waals surface area contributed by atoms with Crippen LogP contribution in [0.5, 0.6) is 0 Å². The van der Waals surface area contributed by atoms with E-state index in [1.807, 2.05) is 0 Å². The van der Waals surface area contributed by atoms with Crippen LogP contribution in [0.4, 0.5) is 0 Å². The Bertz CT molecular complexity index is 454. The van der Waals surface area contributed by atoms with E-state index in [9.17, 15) is 9.00 Å². The van der Waals surface area contributed by atoms with Crippen LogP contribution in [-0.2, 0) is 10.8 Å². The first-order chi connectivity index (χ1) is 7.90. The fourth-order valence-corrected chi connectivity index (χ4v) is 2.42. The monoisotopic (exact) mass is 294 g/mol. The molecule has 0 aliphatic heterocycles. The molecule has 0 radical (unpaired) electrons. The summed E-state index contributed by atoms with van der Waals surface area (Å²) in [5.41, 5.74) is 0.264. The number of amides is 1. The molecule has 0 saturated heterocycles. The summed E-state index contributed by atoms with van der Waals surface area (Å²) >= 11 is 11.5. The van der Waals surface area contributed by atoms with Crippen LogP contribution in [0.3, 0.4) is 0 Å². The number of hydrogen-bond donors (Lipinski definition) is 1. The van der Waals surface area contributed by atoms with Gasteiger partial charge in [-0.25, -0.2) is 4.98 Å². The molecule has 0 aromatic carbocycles. The maximum Gasteiger partial charge on any atom is 0.253 e. The van der Waals surface area contributed by atoms with Crippen molar-refractivity contribution in [2.45, 2.75) is 13.0 Å². The molecule has 4 nitrogen and oxygen atoms in total. The van der Waals surface area contributed by atoms with Gasteiger partial charge in [0.1, 0.15) is 5.15 Å². The average Bonchev–Trinajstić information content (AvgIpc) is 2.20. The Balaban J connectivity index is 2.76. The first-order valence-electron chi connectivity index (χ1n) is 4.82. The zero-order valence-corrected chi connectivity index (χ0v) is 11.7. The van der Waals surface area contributed by atoms with E-state index in [-0.39, 0.29) is 27.7 Å². The van der Waals surface area contributed by atoms with Gasteiger partial charge in [-0.1, -0.05) is 23.2 Å². The molecule has 1 N–H and O–H groups in total. The van der Waals surface area contributed by atoms with Crippen LogP contribution >= 0.6 is 23.2 Å². The minimum atomic E-state index is -0.964. The molecule has 0 aliphatic rings. The zero-order chi connectivity index (χ0) is 13.0. The van der Waals surface area contributed by atoms with Gasteiger partial charge in [-0.2, -0.15) is 0 Å². The second-order valence-electron chi connectivity index (χ2n) is 3.60. The molecule has 0 bridgehead atoms. The fraction of sp³-hybridized carbons (Fsp3) is 0.400. The number of aromatic nitrogens is 1. The van der Waals surface area contributed by atoms with Crippen LogP contribution in [0, 0.1) is 0 Å². The third kappa shape index (κ3) is 4.61. The van der Waals surface area contributed by atoms with Crippen LogP contribution < -0.4 is 5.32 Å². The maximum atomic E-state index is 11.8. The van der Waals surface area contributed by atoms with E-state index >= 15 is 0 Å². The van der Waals surface area contributed by atoms with Crippen LogP contribution in [-0.4, -0.2) is 33.2 Å². The lowest BCUT2D eigenvalue weighted by Gasteiger charge is -2.13. The molecule has 17 heavy (non-hydrogen) atoms. The summed E-state index contributed by atoms with van der Waals surface area (Å²) in [6, 6.07) is 1.20. The first-order valence-corrected chi connectivity index (χ1v) is 7.30. The van der Waals surface area contributed by atoms with Gasteiger partial charge in [0.15, 0.2) is 0 Å². The standard InChI is InChI=1S/C10H12Cl2N2O2S/c1-6(5-17(2)16)14-10(15)7-3-9(12)13-4-8(7)11/h3-4,6H,5H2,1-2H3,(H,14,15). The molecule has 0 aliphatic carbocycles. The molecular formula is C10H12Cl2N2O2S. The van der Waals surface area contributed by atoms with Crippen molar-refractivity contribution in [2.75, 3.05) is 12.0 Å². The van der Waals surface area contributed by atoms with Crippen molar-refractivity contribution in [3.8, 4) is 0 Å². The molecule has 1 heterocycles. The van der Waals surface area contributed by atoms with Crippen molar-refractivity contribution in [2.24, 2.45) is 0 Å². The maximum absolute atomic E-state index is 11.8. The number of hydrogen-bond acceptors (Lipinski definition) is 3. The Morgan fingerprint density at radius 3 is 2.82 bits per heavy atom. The van der Waals surface area contributed by atoms with Gasteiger partial charge in [-0.3, -0.25) is 9.00 Å². The number of rotatable bonds is 4. The molecule has 1 rings (SSSR count). The summed E-state index contributed by atoms with van der Waals surface area (Å²) in [4.78, 5) is 15.6. The zero-order valence-electron chi connectivity index (χ0n) is 9.37. The normalized spacial score (nSPS) is 14.1. The molecular weight excluding hydrogens is 283 g/mol. The smallest absolute Gasteiger partial charge is 0.253 e. The van der Waals surface area contributed by atoms with Crippen molar-refractivity contribution in [3.05, 3.63) is 28.0 Å². The molecule has 2 unspecified atom stereocenters. The molecule has 2 atom stereocenters. The Labute approximate surface area is 112 Å². The fourth-order valence-electron chi connectivity index (χ4n) is 1.28. The van der Waals surface area contributed by atoms with Gasteiger partial charge in [0.2, 0.25) is 0 Å². The first kappa shape index (κ1) is 14.4. The highest BCUT2D eigenvalue weighted by Crippen LogP contribution is 2.17. The summed E-state index contributed by atoms with van der Waals surface area (Å²) in [5.74, 6) is 0.0413. The molecule has 0 fully saturated rings.